The maximum Gasteiger partial charge on any atom is 0.399 e. The number of nitrogens with zero attached hydrogens (tertiary/aromatic N) is 10. The number of aryl methyl sites for hydroxylation is 9. The molecule has 0 amide bonds. The van der Waals surface area contributed by atoms with Gasteiger partial charge in [0.25, 0.3) is 0 Å². The Morgan fingerprint density at radius 3 is 1.11 bits per heavy atom. The maximum absolute atomic E-state index is 7.70. The molecule has 2 fully saturated rings. The predicted octanol–water partition coefficient (Wildman–Crippen LogP) is 4.03. The number of rotatable bonds is 8. The molecule has 0 bridgehead atoms. The molecule has 10 nitrogen and oxygen atoms in total. The van der Waals surface area contributed by atoms with E-state index in [1.807, 2.05) is 54.4 Å². The molecule has 0 spiro atoms. The lowest BCUT2D eigenvalue weighted by Gasteiger charge is -2.26. The highest BCUT2D eigenvalue weighted by Crippen LogP contribution is 2.33. The Bertz CT molecular complexity index is 6080. The molecule has 5 aromatic carbocycles. The van der Waals surface area contributed by atoms with Crippen LogP contribution in [-0.4, -0.2) is 93.5 Å². The van der Waals surface area contributed by atoms with Crippen LogP contribution in [-0.2, 0) is 41.7 Å². The molecule has 0 atom stereocenters. The standard InChI is InChI=1S/C23H30BN2.C21H26BN2.C18H22BN2.2C17H20BN2/c1-18-22-12-8-7-11-21(22)17-26(3)24(18)23-16-20(13-14-25(23)2)15-19-9-5-4-6-10-19;1-16-20-11-7-6-10-19(20)15-24(3)22(16)21-14-18(12-13-23(21)2)17-8-4-5-9-17;1-13-10-18(20(4)11-14(13)2)19-15(3)17-9-7-6-8-16(17)12-21(19)5;1-13-9-10-19(3)17(11-13)18-14(2)16-8-6-5-7-15(16)12-20(18)4;1-13-9-10-17(19(3)11-13)18-14(2)16-8-6-5-7-15(16)12-20(18)4/h7-8,11-14,16-17,19H,4-6,9-10,15H2,1-3H3;6-7,10-15,17H,4-5,8-9H2,1-3H3;6-12H,1-5H3;2*5-12H,1-4H3/q5*+1/i;;2D3;;1D3. The summed E-state index contributed by atoms with van der Waals surface area (Å²) < 4.78 is 56.5. The van der Waals surface area contributed by atoms with Gasteiger partial charge in [0.05, 0.1) is 0 Å². The van der Waals surface area contributed by atoms with Gasteiger partial charge in [-0.15, -0.1) is 0 Å². The first kappa shape index (κ1) is 71.2. The summed E-state index contributed by atoms with van der Waals surface area (Å²) in [6, 6.07) is 62.5. The van der Waals surface area contributed by atoms with E-state index >= 15 is 0 Å². The van der Waals surface area contributed by atoms with Crippen molar-refractivity contribution >= 4 is 121 Å². The quantitative estimate of drug-likeness (QED) is 0.170. The Hall–Kier alpha value is -10.1. The zero-order valence-corrected chi connectivity index (χ0v) is 69.1. The summed E-state index contributed by atoms with van der Waals surface area (Å²) in [7, 11) is 21.0. The average Bonchev–Trinajstić information content (AvgIpc) is 1.13. The van der Waals surface area contributed by atoms with Crippen molar-refractivity contribution in [2.45, 2.75) is 132 Å². The molecule has 17 rings (SSSR count). The van der Waals surface area contributed by atoms with Crippen LogP contribution in [0.2, 0.25) is 0 Å². The van der Waals surface area contributed by atoms with Crippen molar-refractivity contribution in [2.75, 3.05) is 35.2 Å². The van der Waals surface area contributed by atoms with Crippen LogP contribution >= 0.6 is 0 Å². The fourth-order valence-corrected chi connectivity index (χ4v) is 18.8. The Balaban J connectivity index is 0.000000127. The number of hydrogen-bond acceptors (Lipinski definition) is 5. The van der Waals surface area contributed by atoms with Crippen LogP contribution in [0.4, 0.5) is 0 Å². The van der Waals surface area contributed by atoms with Crippen LogP contribution in [0.5, 0.6) is 0 Å². The monoisotopic (exact) mass is 1470 g/mol. The number of fused-ring (bicyclic) bond motifs is 5. The molecule has 111 heavy (non-hydrogen) atoms. The minimum atomic E-state index is -2.09. The van der Waals surface area contributed by atoms with E-state index in [1.165, 1.54) is 177 Å². The van der Waals surface area contributed by atoms with Gasteiger partial charge in [-0.25, -0.2) is 22.8 Å². The van der Waals surface area contributed by atoms with E-state index in [9.17, 15) is 0 Å². The van der Waals surface area contributed by atoms with Crippen molar-refractivity contribution in [1.29, 1.82) is 0 Å². The van der Waals surface area contributed by atoms with Crippen LogP contribution in [0.15, 0.2) is 207 Å². The molecule has 10 heterocycles. The SMILES string of the molecule is CC1=c2ccccc2=CN(C)B1c1cc(C)cc[n+]1C.CC1=c2ccccc2=CN(C)B1c1cc(C2CCCC2)cc[n+]1C.CC1=c2ccccc2=CN(C)B1c1cc(CC2CCCCC2)cc[n+]1C.[2H]C([2H])([2H])c1c[n+](C)c(B2C(C)=c3ccccc3=CN2C)cc1C.[2H]C([2H])([2H])c1ccc(B2C(C)=c3ccccc3=CN2C)[n+](C)c1. The molecule has 2 aliphatic carbocycles. The van der Waals surface area contributed by atoms with Crippen molar-refractivity contribution in [3.05, 3.63) is 292 Å². The topological polar surface area (TPSA) is 35.6 Å². The summed E-state index contributed by atoms with van der Waals surface area (Å²) in [6.07, 6.45) is 35.0. The first-order valence-corrected chi connectivity index (χ1v) is 40.3. The van der Waals surface area contributed by atoms with Crippen LogP contribution in [0.3, 0.4) is 0 Å². The highest BCUT2D eigenvalue weighted by atomic mass is 15.1. The van der Waals surface area contributed by atoms with Crippen LogP contribution in [0.1, 0.15) is 140 Å². The Kier molecular flexibility index (Phi) is 22.2. The van der Waals surface area contributed by atoms with Crippen LogP contribution in [0.25, 0.3) is 58.4 Å². The molecule has 15 heteroatoms. The number of pyridine rings is 5. The summed E-state index contributed by atoms with van der Waals surface area (Å²) >= 11 is 0. The van der Waals surface area contributed by atoms with Crippen molar-refractivity contribution in [1.82, 2.24) is 24.1 Å². The number of aromatic nitrogens is 5. The Labute approximate surface area is 673 Å². The van der Waals surface area contributed by atoms with Gasteiger partial charge in [-0.05, 0) is 246 Å². The summed E-state index contributed by atoms with van der Waals surface area (Å²) in [5.74, 6) is 1.64. The number of benzene rings is 5. The van der Waals surface area contributed by atoms with Crippen LogP contribution < -0.4 is 103 Å². The van der Waals surface area contributed by atoms with Gasteiger partial charge in [-0.3, -0.25) is 0 Å². The van der Waals surface area contributed by atoms with Crippen molar-refractivity contribution in [2.24, 2.45) is 41.2 Å². The van der Waals surface area contributed by atoms with E-state index in [4.69, 9.17) is 8.22 Å². The summed E-state index contributed by atoms with van der Waals surface area (Å²) in [6.45, 7) is 12.1. The second kappa shape index (κ2) is 34.6. The van der Waals surface area contributed by atoms with Gasteiger partial charge in [0.2, 0.25) is 0 Å². The zero-order valence-electron chi connectivity index (χ0n) is 75.1. The van der Waals surface area contributed by atoms with Gasteiger partial charge in [0.1, 0.15) is 35.2 Å². The van der Waals surface area contributed by atoms with Crippen LogP contribution in [0, 0.1) is 33.5 Å². The highest BCUT2D eigenvalue weighted by Gasteiger charge is 2.39. The molecule has 0 N–H and O–H groups in total. The Morgan fingerprint density at radius 1 is 0.333 bits per heavy atom. The van der Waals surface area contributed by atoms with Crippen molar-refractivity contribution < 1.29 is 31.1 Å². The van der Waals surface area contributed by atoms with E-state index in [1.54, 1.807) is 18.5 Å². The first-order valence-electron chi connectivity index (χ1n) is 43.3. The highest BCUT2D eigenvalue weighted by molar-refractivity contribution is 6.87. The lowest BCUT2D eigenvalue weighted by Crippen LogP contribution is -2.62. The van der Waals surface area contributed by atoms with Gasteiger partial charge in [0.15, 0.2) is 59.0 Å². The predicted molar refractivity (Wildman–Crippen MR) is 470 cm³/mol. The lowest BCUT2D eigenvalue weighted by molar-refractivity contribution is -0.654. The van der Waals surface area contributed by atoms with Crippen molar-refractivity contribution in [3.8, 4) is 0 Å². The third-order valence-corrected chi connectivity index (χ3v) is 24.7. The molecule has 562 valence electrons. The molecule has 0 unspecified atom stereocenters. The average molecular weight is 1470 g/mol. The number of hydrogen-bond donors (Lipinski definition) is 0. The molecular weight excluding hydrogens is 1350 g/mol. The molecule has 10 aromatic rings. The molecule has 0 radical (unpaired) electrons. The fourth-order valence-electron chi connectivity index (χ4n) is 18.8. The minimum absolute atomic E-state index is 0.0919. The van der Waals surface area contributed by atoms with Gasteiger partial charge in [-0.1, -0.05) is 194 Å². The molecule has 7 aliphatic rings. The van der Waals surface area contributed by atoms with E-state index in [2.05, 4.69) is 331 Å². The largest absolute Gasteiger partial charge is 0.410 e. The second-order valence-corrected chi connectivity index (χ2v) is 32.7. The molecule has 2 saturated carbocycles. The van der Waals surface area contributed by atoms with Gasteiger partial charge in [0, 0.05) is 61.8 Å². The Morgan fingerprint density at radius 2 is 0.694 bits per heavy atom. The second-order valence-electron chi connectivity index (χ2n) is 32.7. The zero-order chi connectivity index (χ0) is 83.5. The lowest BCUT2D eigenvalue weighted by atomic mass is 9.49. The third kappa shape index (κ3) is 17.2. The summed E-state index contributed by atoms with van der Waals surface area (Å²) in [5, 5.41) is 13.0. The molecule has 0 saturated heterocycles. The van der Waals surface area contributed by atoms with Crippen molar-refractivity contribution in [3.63, 3.8) is 0 Å². The van der Waals surface area contributed by atoms with Gasteiger partial charge in [-0.2, -0.15) is 0 Å². The molecule has 5 aliphatic heterocycles. The van der Waals surface area contributed by atoms with E-state index in [0.717, 1.165) is 28.6 Å². The summed E-state index contributed by atoms with van der Waals surface area (Å²) in [4.78, 5) is 11.4. The molecule has 5 aromatic heterocycles. The molecular formula is C96H118B5N10+5. The van der Waals surface area contributed by atoms with E-state index < -0.39 is 13.7 Å². The maximum atomic E-state index is 7.70. The first-order chi connectivity index (χ1) is 55.8. The normalized spacial score (nSPS) is 16.8. The van der Waals surface area contributed by atoms with Gasteiger partial charge < -0.3 is 24.1 Å². The van der Waals surface area contributed by atoms with E-state index in [0.29, 0.717) is 31.7 Å². The fraction of sp³-hybridized carbons (Fsp3) is 0.323. The van der Waals surface area contributed by atoms with Gasteiger partial charge >= 0.3 is 34.2 Å². The summed E-state index contributed by atoms with van der Waals surface area (Å²) in [5.41, 5.74) is 19.0. The smallest absolute Gasteiger partial charge is 0.399 e. The third-order valence-electron chi connectivity index (χ3n) is 24.7. The minimum Gasteiger partial charge on any atom is -0.410 e. The van der Waals surface area contributed by atoms with E-state index in [-0.39, 0.29) is 13.7 Å².